The number of aliphatic hydroxyl groups is 1. The van der Waals surface area contributed by atoms with Gasteiger partial charge in [-0.05, 0) is 25.7 Å². The molecular weight excluding hydrogens is 328 g/mol. The van der Waals surface area contributed by atoms with Crippen LogP contribution in [0.1, 0.15) is 33.6 Å². The van der Waals surface area contributed by atoms with Crippen LogP contribution in [0.15, 0.2) is 4.99 Å². The average molecular weight is 358 g/mol. The summed E-state index contributed by atoms with van der Waals surface area (Å²) in [5, 5.41) is 14.4. The first-order valence-electron chi connectivity index (χ1n) is 8.15. The lowest BCUT2D eigenvalue weighted by Gasteiger charge is -2.25. The fourth-order valence-electron chi connectivity index (χ4n) is 1.97. The second-order valence-corrected chi connectivity index (χ2v) is 6.20. The van der Waals surface area contributed by atoms with E-state index >= 15 is 0 Å². The van der Waals surface area contributed by atoms with Gasteiger partial charge < -0.3 is 37.7 Å². The Morgan fingerprint density at radius 1 is 1.16 bits per heavy atom. The maximum absolute atomic E-state index is 12.3. The summed E-state index contributed by atoms with van der Waals surface area (Å²) < 4.78 is 0. The van der Waals surface area contributed by atoms with E-state index in [9.17, 15) is 19.5 Å². The highest BCUT2D eigenvalue weighted by Crippen LogP contribution is 2.05. The number of amides is 2. The van der Waals surface area contributed by atoms with Crippen molar-refractivity contribution in [2.45, 2.75) is 57.8 Å². The summed E-state index contributed by atoms with van der Waals surface area (Å²) in [7, 11) is 0. The van der Waals surface area contributed by atoms with E-state index in [4.69, 9.17) is 17.2 Å². The van der Waals surface area contributed by atoms with Gasteiger partial charge in [0.05, 0.1) is 12.1 Å². The first kappa shape index (κ1) is 22.8. The van der Waals surface area contributed by atoms with Gasteiger partial charge in [0, 0.05) is 6.54 Å². The molecule has 0 radical (unpaired) electrons. The number of carbonyl (C=O) groups excluding carboxylic acids is 3. The fourth-order valence-corrected chi connectivity index (χ4v) is 1.97. The van der Waals surface area contributed by atoms with Crippen LogP contribution in [-0.2, 0) is 14.4 Å². The van der Waals surface area contributed by atoms with Crippen molar-refractivity contribution >= 4 is 24.1 Å². The summed E-state index contributed by atoms with van der Waals surface area (Å²) in [5.41, 5.74) is 16.2. The van der Waals surface area contributed by atoms with E-state index in [-0.39, 0.29) is 11.9 Å². The number of aliphatic imine (C=N–C) groups is 1. The lowest BCUT2D eigenvalue weighted by Crippen LogP contribution is -2.56. The molecule has 0 aliphatic carbocycles. The molecule has 144 valence electrons. The van der Waals surface area contributed by atoms with Crippen molar-refractivity contribution < 1.29 is 19.5 Å². The molecule has 0 saturated heterocycles. The normalized spacial score (nSPS) is 15.6. The Hall–Kier alpha value is -2.20. The van der Waals surface area contributed by atoms with Crippen molar-refractivity contribution in [1.29, 1.82) is 0 Å². The van der Waals surface area contributed by atoms with E-state index in [0.29, 0.717) is 25.7 Å². The maximum atomic E-state index is 12.3. The first-order chi connectivity index (χ1) is 11.6. The summed E-state index contributed by atoms with van der Waals surface area (Å²) in [5.74, 6) is -1.32. The van der Waals surface area contributed by atoms with E-state index in [0.717, 1.165) is 0 Å². The van der Waals surface area contributed by atoms with Crippen LogP contribution in [0.5, 0.6) is 0 Å². The second kappa shape index (κ2) is 11.4. The van der Waals surface area contributed by atoms with Gasteiger partial charge in [-0.1, -0.05) is 13.8 Å². The molecule has 0 aromatic carbocycles. The van der Waals surface area contributed by atoms with Crippen LogP contribution in [0.25, 0.3) is 0 Å². The predicted molar refractivity (Wildman–Crippen MR) is 94.3 cm³/mol. The van der Waals surface area contributed by atoms with Crippen LogP contribution in [0.3, 0.4) is 0 Å². The number of nitrogens with two attached hydrogens (primary N) is 3. The van der Waals surface area contributed by atoms with Crippen LogP contribution in [-0.4, -0.2) is 59.9 Å². The Morgan fingerprint density at radius 2 is 1.76 bits per heavy atom. The van der Waals surface area contributed by atoms with Gasteiger partial charge in [0.15, 0.2) is 5.96 Å². The van der Waals surface area contributed by atoms with Crippen LogP contribution in [0.2, 0.25) is 0 Å². The number of rotatable bonds is 11. The van der Waals surface area contributed by atoms with Gasteiger partial charge >= 0.3 is 0 Å². The zero-order chi connectivity index (χ0) is 19.6. The van der Waals surface area contributed by atoms with Crippen molar-refractivity contribution in [2.75, 3.05) is 6.54 Å². The highest BCUT2D eigenvalue weighted by atomic mass is 16.3. The lowest BCUT2D eigenvalue weighted by atomic mass is 10.0. The highest BCUT2D eigenvalue weighted by molar-refractivity contribution is 5.91. The number of nitrogens with zero attached hydrogens (tertiary/aromatic N) is 1. The number of hydrogen-bond donors (Lipinski definition) is 6. The molecule has 0 heterocycles. The lowest BCUT2D eigenvalue weighted by molar-refractivity contribution is -0.132. The largest absolute Gasteiger partial charge is 0.391 e. The highest BCUT2D eigenvalue weighted by Gasteiger charge is 2.28. The van der Waals surface area contributed by atoms with Gasteiger partial charge in [0.2, 0.25) is 11.8 Å². The Balaban J connectivity index is 4.68. The molecule has 10 nitrogen and oxygen atoms in total. The molecule has 4 atom stereocenters. The topological polar surface area (TPSA) is 186 Å². The quantitative estimate of drug-likeness (QED) is 0.102. The molecule has 0 aromatic rings. The number of aldehydes is 1. The van der Waals surface area contributed by atoms with Crippen LogP contribution in [0, 0.1) is 5.92 Å². The molecule has 0 saturated carbocycles. The molecule has 0 aliphatic rings. The van der Waals surface area contributed by atoms with Gasteiger partial charge in [-0.25, -0.2) is 0 Å². The number of nitrogens with one attached hydrogen (secondary N) is 2. The zero-order valence-electron chi connectivity index (χ0n) is 14.9. The maximum Gasteiger partial charge on any atom is 0.243 e. The molecule has 0 aromatic heterocycles. The Bertz CT molecular complexity index is 477. The molecule has 10 heteroatoms. The first-order valence-corrected chi connectivity index (χ1v) is 8.15. The van der Waals surface area contributed by atoms with E-state index in [1.54, 1.807) is 13.8 Å². The Morgan fingerprint density at radius 3 is 2.20 bits per heavy atom. The summed E-state index contributed by atoms with van der Waals surface area (Å²) in [6.07, 6.45) is 0.264. The molecule has 25 heavy (non-hydrogen) atoms. The summed E-state index contributed by atoms with van der Waals surface area (Å²) in [6.45, 7) is 5.22. The molecule has 9 N–H and O–H groups in total. The molecule has 0 fully saturated rings. The van der Waals surface area contributed by atoms with E-state index in [2.05, 4.69) is 15.6 Å². The third-order valence-corrected chi connectivity index (χ3v) is 3.53. The van der Waals surface area contributed by atoms with Crippen molar-refractivity contribution in [3.8, 4) is 0 Å². The minimum atomic E-state index is -1.04. The third-order valence-electron chi connectivity index (χ3n) is 3.53. The van der Waals surface area contributed by atoms with Crippen molar-refractivity contribution in [2.24, 2.45) is 28.1 Å². The average Bonchev–Trinajstić information content (AvgIpc) is 2.52. The Labute approximate surface area is 147 Å². The molecule has 2 amide bonds. The number of aliphatic hydroxyl groups excluding tert-OH is 1. The minimum absolute atomic E-state index is 0.0302. The fraction of sp³-hybridized carbons (Fsp3) is 0.733. The van der Waals surface area contributed by atoms with Gasteiger partial charge in [0.25, 0.3) is 0 Å². The SMILES string of the molecule is CC(C)[C@H](NC(=O)[C@@H](N)CCCN=C(N)N)C(=O)N[C@H](C=O)[C@H](C)O. The molecule has 0 rings (SSSR count). The standard InChI is InChI=1S/C15H30N6O4/c1-8(2)12(14(25)20-11(7-22)9(3)23)21-13(24)10(16)5-4-6-19-15(17)18/h7-12,23H,4-6,16H2,1-3H3,(H,20,25)(H,21,24)(H4,17,18,19)/t9-,10-,11+,12-/m0/s1. The summed E-state index contributed by atoms with van der Waals surface area (Å²) in [6, 6.07) is -2.74. The number of guanidine groups is 1. The smallest absolute Gasteiger partial charge is 0.243 e. The molecular formula is C15H30N6O4. The summed E-state index contributed by atoms with van der Waals surface area (Å²) in [4.78, 5) is 39.1. The number of carbonyl (C=O) groups is 3. The van der Waals surface area contributed by atoms with E-state index in [1.165, 1.54) is 6.92 Å². The minimum Gasteiger partial charge on any atom is -0.391 e. The predicted octanol–water partition coefficient (Wildman–Crippen LogP) is -2.43. The monoisotopic (exact) mass is 358 g/mol. The molecule has 0 spiro atoms. The van der Waals surface area contributed by atoms with Gasteiger partial charge in [-0.15, -0.1) is 0 Å². The van der Waals surface area contributed by atoms with Crippen LogP contribution in [0.4, 0.5) is 0 Å². The summed E-state index contributed by atoms with van der Waals surface area (Å²) >= 11 is 0. The van der Waals surface area contributed by atoms with Crippen LogP contribution < -0.4 is 27.8 Å². The number of hydrogen-bond acceptors (Lipinski definition) is 6. The molecule has 0 unspecified atom stereocenters. The van der Waals surface area contributed by atoms with E-state index < -0.39 is 36.0 Å². The molecule has 0 bridgehead atoms. The van der Waals surface area contributed by atoms with Crippen molar-refractivity contribution in [3.63, 3.8) is 0 Å². The molecule has 0 aliphatic heterocycles. The Kier molecular flexibility index (Phi) is 10.4. The van der Waals surface area contributed by atoms with Gasteiger partial charge in [-0.3, -0.25) is 14.6 Å². The van der Waals surface area contributed by atoms with Crippen molar-refractivity contribution in [1.82, 2.24) is 10.6 Å². The second-order valence-electron chi connectivity index (χ2n) is 6.20. The van der Waals surface area contributed by atoms with Gasteiger partial charge in [-0.2, -0.15) is 0 Å². The van der Waals surface area contributed by atoms with Gasteiger partial charge in [0.1, 0.15) is 18.4 Å². The van der Waals surface area contributed by atoms with Crippen molar-refractivity contribution in [3.05, 3.63) is 0 Å². The zero-order valence-corrected chi connectivity index (χ0v) is 14.9. The van der Waals surface area contributed by atoms with Crippen LogP contribution >= 0.6 is 0 Å². The van der Waals surface area contributed by atoms with E-state index in [1.807, 2.05) is 0 Å². The third kappa shape index (κ3) is 9.01.